The van der Waals surface area contributed by atoms with E-state index in [0.29, 0.717) is 23.8 Å². The molecule has 1 amide bonds. The molecule has 0 radical (unpaired) electrons. The highest BCUT2D eigenvalue weighted by atomic mass is 16.5. The molecule has 2 rings (SSSR count). The van der Waals surface area contributed by atoms with E-state index >= 15 is 0 Å². The molecule has 3 atom stereocenters. The summed E-state index contributed by atoms with van der Waals surface area (Å²) in [4.78, 5) is 25.2. The third-order valence-corrected chi connectivity index (χ3v) is 6.36. The number of phenols is 1. The summed E-state index contributed by atoms with van der Waals surface area (Å²) >= 11 is 0. The zero-order valence-corrected chi connectivity index (χ0v) is 23.0. The maximum atomic E-state index is 13.5. The molecule has 3 N–H and O–H groups in total. The number of aromatic hydroxyl groups is 1. The maximum absolute atomic E-state index is 13.5. The van der Waals surface area contributed by atoms with E-state index in [9.17, 15) is 14.7 Å². The van der Waals surface area contributed by atoms with Gasteiger partial charge in [-0.15, -0.1) is 0 Å². The van der Waals surface area contributed by atoms with Crippen LogP contribution in [0.4, 0.5) is 0 Å². The van der Waals surface area contributed by atoms with Crippen LogP contribution in [-0.4, -0.2) is 42.7 Å². The Labute approximate surface area is 222 Å². The zero-order chi connectivity index (χ0) is 27.2. The molecule has 2 aromatic rings. The summed E-state index contributed by atoms with van der Waals surface area (Å²) in [6, 6.07) is 13.7. The third kappa shape index (κ3) is 11.2. The standard InChI is InChI=1S/C31H44N2O4/c1-6-7-8-23(4)21-32-29(20-25-12-17-28(34)18-13-25)30(35)33-27(19-22(2)3)16-11-24-9-14-26(15-10-24)31(36)37-5/h9-18,22-23,27,29,32,34H,6-8,19-21H2,1-5H3,(H,33,35)/b16-11+/t23-,27+,29-/m0/s1. The van der Waals surface area contributed by atoms with Gasteiger partial charge in [0.05, 0.1) is 18.7 Å². The number of methoxy groups -OCH3 is 1. The van der Waals surface area contributed by atoms with Crippen molar-refractivity contribution < 1.29 is 19.4 Å². The number of benzene rings is 2. The number of hydrogen-bond donors (Lipinski definition) is 3. The van der Waals surface area contributed by atoms with E-state index < -0.39 is 0 Å². The highest BCUT2D eigenvalue weighted by molar-refractivity contribution is 5.89. The molecule has 6 heteroatoms. The second kappa shape index (κ2) is 15.9. The van der Waals surface area contributed by atoms with Gasteiger partial charge in [0.15, 0.2) is 0 Å². The van der Waals surface area contributed by atoms with E-state index in [2.05, 4.69) is 38.3 Å². The van der Waals surface area contributed by atoms with Crippen molar-refractivity contribution in [1.29, 1.82) is 0 Å². The number of carbonyl (C=O) groups is 2. The Morgan fingerprint density at radius 2 is 1.70 bits per heavy atom. The van der Waals surface area contributed by atoms with Crippen molar-refractivity contribution in [2.45, 2.75) is 71.9 Å². The smallest absolute Gasteiger partial charge is 0.337 e. The fourth-order valence-corrected chi connectivity index (χ4v) is 4.18. The van der Waals surface area contributed by atoms with E-state index in [-0.39, 0.29) is 29.7 Å². The molecule has 0 fully saturated rings. The molecule has 6 nitrogen and oxygen atoms in total. The Morgan fingerprint density at radius 3 is 2.30 bits per heavy atom. The van der Waals surface area contributed by atoms with Crippen molar-refractivity contribution in [3.63, 3.8) is 0 Å². The van der Waals surface area contributed by atoms with Crippen molar-refractivity contribution in [3.05, 3.63) is 71.3 Å². The van der Waals surface area contributed by atoms with Crippen LogP contribution in [0, 0.1) is 11.8 Å². The lowest BCUT2D eigenvalue weighted by molar-refractivity contribution is -0.123. The first-order valence-electron chi connectivity index (χ1n) is 13.4. The largest absolute Gasteiger partial charge is 0.508 e. The topological polar surface area (TPSA) is 87.7 Å². The Kier molecular flexibility index (Phi) is 12.9. The lowest BCUT2D eigenvalue weighted by Gasteiger charge is -2.24. The molecule has 2 aromatic carbocycles. The molecule has 0 aromatic heterocycles. The van der Waals surface area contributed by atoms with Gasteiger partial charge in [0.1, 0.15) is 5.75 Å². The number of hydrogen-bond acceptors (Lipinski definition) is 5. The molecule has 0 aliphatic heterocycles. The summed E-state index contributed by atoms with van der Waals surface area (Å²) in [6.07, 6.45) is 8.82. The van der Waals surface area contributed by atoms with Gasteiger partial charge < -0.3 is 20.5 Å². The Morgan fingerprint density at radius 1 is 1.03 bits per heavy atom. The molecular weight excluding hydrogens is 464 g/mol. The molecule has 0 bridgehead atoms. The van der Waals surface area contributed by atoms with Crippen LogP contribution in [0.2, 0.25) is 0 Å². The summed E-state index contributed by atoms with van der Waals surface area (Å²) in [5, 5.41) is 16.4. The molecule has 0 aliphatic carbocycles. The Bertz CT molecular complexity index is 983. The normalized spacial score (nSPS) is 13.9. The van der Waals surface area contributed by atoms with Gasteiger partial charge in [0.2, 0.25) is 5.91 Å². The molecule has 0 aliphatic rings. The molecule has 0 heterocycles. The van der Waals surface area contributed by atoms with Crippen molar-refractivity contribution in [2.75, 3.05) is 13.7 Å². The van der Waals surface area contributed by atoms with Crippen LogP contribution < -0.4 is 10.6 Å². The average Bonchev–Trinajstić information content (AvgIpc) is 2.88. The predicted octanol–water partition coefficient (Wildman–Crippen LogP) is 5.75. The molecule has 202 valence electrons. The lowest BCUT2D eigenvalue weighted by atomic mass is 9.99. The number of nitrogens with one attached hydrogen (secondary N) is 2. The Balaban J connectivity index is 2.14. The van der Waals surface area contributed by atoms with Crippen molar-refractivity contribution in [3.8, 4) is 5.75 Å². The first-order chi connectivity index (χ1) is 17.7. The fourth-order valence-electron chi connectivity index (χ4n) is 4.18. The highest BCUT2D eigenvalue weighted by Gasteiger charge is 2.22. The van der Waals surface area contributed by atoms with E-state index in [4.69, 9.17) is 4.74 Å². The zero-order valence-electron chi connectivity index (χ0n) is 23.0. The van der Waals surface area contributed by atoms with Gasteiger partial charge in [0, 0.05) is 6.04 Å². The monoisotopic (exact) mass is 508 g/mol. The van der Waals surface area contributed by atoms with E-state index in [1.165, 1.54) is 13.5 Å². The minimum atomic E-state index is -0.379. The molecule has 0 spiro atoms. The van der Waals surface area contributed by atoms with Crippen LogP contribution >= 0.6 is 0 Å². The van der Waals surface area contributed by atoms with Crippen molar-refractivity contribution in [1.82, 2.24) is 10.6 Å². The van der Waals surface area contributed by atoms with Crippen LogP contribution in [0.25, 0.3) is 6.08 Å². The number of ether oxygens (including phenoxy) is 1. The maximum Gasteiger partial charge on any atom is 0.337 e. The van der Waals surface area contributed by atoms with Crippen LogP contribution in [0.15, 0.2) is 54.6 Å². The third-order valence-electron chi connectivity index (χ3n) is 6.36. The van der Waals surface area contributed by atoms with E-state index in [1.807, 2.05) is 36.4 Å². The lowest BCUT2D eigenvalue weighted by Crippen LogP contribution is -2.49. The second-order valence-electron chi connectivity index (χ2n) is 10.3. The van der Waals surface area contributed by atoms with Gasteiger partial charge in [-0.25, -0.2) is 4.79 Å². The predicted molar refractivity (Wildman–Crippen MR) is 150 cm³/mol. The van der Waals surface area contributed by atoms with Crippen LogP contribution in [0.5, 0.6) is 5.75 Å². The van der Waals surface area contributed by atoms with E-state index in [1.54, 1.807) is 24.3 Å². The fraction of sp³-hybridized carbons (Fsp3) is 0.484. The Hall–Kier alpha value is -3.12. The van der Waals surface area contributed by atoms with Gasteiger partial charge in [0.25, 0.3) is 0 Å². The minimum absolute atomic E-state index is 0.0351. The molecule has 0 saturated heterocycles. The first kappa shape index (κ1) is 30.1. The van der Waals surface area contributed by atoms with Gasteiger partial charge in [-0.2, -0.15) is 0 Å². The highest BCUT2D eigenvalue weighted by Crippen LogP contribution is 2.15. The molecule has 37 heavy (non-hydrogen) atoms. The molecule has 0 saturated carbocycles. The summed E-state index contributed by atoms with van der Waals surface area (Å²) in [5.74, 6) is 0.694. The summed E-state index contributed by atoms with van der Waals surface area (Å²) in [7, 11) is 1.37. The van der Waals surface area contributed by atoms with Gasteiger partial charge in [-0.05, 0) is 73.0 Å². The molecular formula is C31H44N2O4. The SMILES string of the molecule is CCCC[C@H](C)CN[C@@H](Cc1ccc(O)cc1)C(=O)N[C@H](/C=C/c1ccc(C(=O)OC)cc1)CC(C)C. The average molecular weight is 509 g/mol. The van der Waals surface area contributed by atoms with Gasteiger partial charge in [-0.1, -0.05) is 77.0 Å². The van der Waals surface area contributed by atoms with Gasteiger partial charge in [-0.3, -0.25) is 4.79 Å². The quantitative estimate of drug-likeness (QED) is 0.267. The van der Waals surface area contributed by atoms with Crippen LogP contribution in [-0.2, 0) is 16.0 Å². The number of esters is 1. The molecule has 0 unspecified atom stereocenters. The van der Waals surface area contributed by atoms with Crippen LogP contribution in [0.3, 0.4) is 0 Å². The van der Waals surface area contributed by atoms with Crippen LogP contribution in [0.1, 0.15) is 74.9 Å². The van der Waals surface area contributed by atoms with Crippen molar-refractivity contribution >= 4 is 18.0 Å². The van der Waals surface area contributed by atoms with Crippen molar-refractivity contribution in [2.24, 2.45) is 11.8 Å². The van der Waals surface area contributed by atoms with E-state index in [0.717, 1.165) is 36.9 Å². The summed E-state index contributed by atoms with van der Waals surface area (Å²) in [5.41, 5.74) is 2.44. The summed E-state index contributed by atoms with van der Waals surface area (Å²) < 4.78 is 4.76. The number of amides is 1. The number of phenolic OH excluding ortho intramolecular Hbond substituents is 1. The number of unbranched alkanes of at least 4 members (excludes halogenated alkanes) is 1. The summed E-state index contributed by atoms with van der Waals surface area (Å²) in [6.45, 7) is 9.46. The number of rotatable bonds is 15. The number of carbonyl (C=O) groups excluding carboxylic acids is 2. The second-order valence-corrected chi connectivity index (χ2v) is 10.3. The minimum Gasteiger partial charge on any atom is -0.508 e. The first-order valence-corrected chi connectivity index (χ1v) is 13.4. The van der Waals surface area contributed by atoms with Gasteiger partial charge >= 0.3 is 5.97 Å².